The zero-order valence-corrected chi connectivity index (χ0v) is 4.59. The van der Waals surface area contributed by atoms with Crippen molar-refractivity contribution in [3.05, 3.63) is 11.4 Å². The second kappa shape index (κ2) is 1.49. The van der Waals surface area contributed by atoms with Crippen molar-refractivity contribution in [1.29, 1.82) is 0 Å². The summed E-state index contributed by atoms with van der Waals surface area (Å²) in [4.78, 5) is 0. The van der Waals surface area contributed by atoms with Crippen molar-refractivity contribution in [2.75, 3.05) is 0 Å². The fraction of sp³-hybridized carbons (Fsp3) is 0.600. The smallest absolute Gasteiger partial charge is 0.235 e. The van der Waals surface area contributed by atoms with Gasteiger partial charge in [-0.15, -0.1) is 0 Å². The summed E-state index contributed by atoms with van der Waals surface area (Å²) in [5.41, 5.74) is -0.486. The Labute approximate surface area is 49.2 Å². The first-order valence-electron chi connectivity index (χ1n) is 2.36. The Bertz CT molecular complexity index is 170. The van der Waals surface area contributed by atoms with E-state index in [1.54, 1.807) is 0 Å². The van der Waals surface area contributed by atoms with Crippen LogP contribution in [0.15, 0.2) is 11.4 Å². The quantitative estimate of drug-likeness (QED) is 0.452. The number of halogens is 4. The molecule has 0 amide bonds. The van der Waals surface area contributed by atoms with Crippen LogP contribution in [0.2, 0.25) is 0 Å². The molecule has 0 aromatic rings. The second-order valence-electron chi connectivity index (χ2n) is 1.98. The van der Waals surface area contributed by atoms with Crippen molar-refractivity contribution < 1.29 is 17.6 Å². The van der Waals surface area contributed by atoms with Crippen LogP contribution in [0.25, 0.3) is 0 Å². The van der Waals surface area contributed by atoms with Crippen LogP contribution >= 0.6 is 0 Å². The molecule has 52 valence electrons. The van der Waals surface area contributed by atoms with Crippen LogP contribution in [0, 0.1) is 0 Å². The highest BCUT2D eigenvalue weighted by Gasteiger charge is 2.56. The summed E-state index contributed by atoms with van der Waals surface area (Å²) in [5, 5.41) is 0. The van der Waals surface area contributed by atoms with Gasteiger partial charge in [0.15, 0.2) is 12.0 Å². The molecule has 0 saturated heterocycles. The summed E-state index contributed by atoms with van der Waals surface area (Å²) in [5.74, 6) is -5.46. The van der Waals surface area contributed by atoms with Gasteiger partial charge in [-0.25, -0.2) is 8.78 Å². The minimum Gasteiger partial charge on any atom is -0.235 e. The second-order valence-corrected chi connectivity index (χ2v) is 1.98. The van der Waals surface area contributed by atoms with E-state index in [-0.39, 0.29) is 0 Å². The Morgan fingerprint density at radius 2 is 1.89 bits per heavy atom. The van der Waals surface area contributed by atoms with Gasteiger partial charge < -0.3 is 0 Å². The lowest BCUT2D eigenvalue weighted by molar-refractivity contribution is -0.0723. The monoisotopic (exact) mass is 140 g/mol. The normalized spacial score (nSPS) is 32.3. The lowest BCUT2D eigenvalue weighted by Crippen LogP contribution is -2.41. The number of alkyl halides is 3. The zero-order chi connectivity index (χ0) is 7.23. The van der Waals surface area contributed by atoms with Crippen LogP contribution in [0.3, 0.4) is 0 Å². The van der Waals surface area contributed by atoms with Gasteiger partial charge in [-0.3, -0.25) is 0 Å². The molecule has 0 N–H and O–H groups in total. The van der Waals surface area contributed by atoms with Crippen molar-refractivity contribution >= 4 is 0 Å². The maximum atomic E-state index is 11.9. The highest BCUT2D eigenvalue weighted by Crippen LogP contribution is 2.45. The first-order chi connectivity index (χ1) is 3.98. The Hall–Kier alpha value is -0.540. The molecule has 1 aliphatic rings. The summed E-state index contributed by atoms with van der Waals surface area (Å²) in [7, 11) is 0. The van der Waals surface area contributed by atoms with Crippen molar-refractivity contribution in [3.8, 4) is 0 Å². The molecule has 0 saturated carbocycles. The molecule has 1 rings (SSSR count). The predicted octanol–water partition coefficient (Wildman–Crippen LogP) is 2.22. The molecule has 0 fully saturated rings. The van der Waals surface area contributed by atoms with Crippen LogP contribution in [-0.2, 0) is 0 Å². The molecule has 1 unspecified atom stereocenters. The molecule has 0 bridgehead atoms. The van der Waals surface area contributed by atoms with Gasteiger partial charge in [0.2, 0.25) is 0 Å². The standard InChI is InChI=1S/C5H4F4/c1-2-3(6)5(8,9)4(2)7/h3H,1H3. The minimum atomic E-state index is -3.84. The summed E-state index contributed by atoms with van der Waals surface area (Å²) in [6.45, 7) is 1.01. The molecule has 0 heterocycles. The van der Waals surface area contributed by atoms with Crippen molar-refractivity contribution in [2.45, 2.75) is 19.0 Å². The molecule has 0 radical (unpaired) electrons. The van der Waals surface area contributed by atoms with E-state index in [4.69, 9.17) is 0 Å². The van der Waals surface area contributed by atoms with Crippen LogP contribution in [0.1, 0.15) is 6.92 Å². The SMILES string of the molecule is CC1=C(F)C(F)(F)C1F. The van der Waals surface area contributed by atoms with Crippen molar-refractivity contribution in [1.82, 2.24) is 0 Å². The average molecular weight is 140 g/mol. The van der Waals surface area contributed by atoms with Gasteiger partial charge in [0, 0.05) is 5.57 Å². The van der Waals surface area contributed by atoms with Crippen LogP contribution < -0.4 is 0 Å². The van der Waals surface area contributed by atoms with E-state index in [1.165, 1.54) is 0 Å². The summed E-state index contributed by atoms with van der Waals surface area (Å²) < 4.78 is 47.3. The summed E-state index contributed by atoms with van der Waals surface area (Å²) in [6.07, 6.45) is -2.41. The molecule has 9 heavy (non-hydrogen) atoms. The van der Waals surface area contributed by atoms with Gasteiger partial charge in [0.25, 0.3) is 0 Å². The van der Waals surface area contributed by atoms with E-state index < -0.39 is 23.5 Å². The molecular formula is C5H4F4. The van der Waals surface area contributed by atoms with Crippen molar-refractivity contribution in [3.63, 3.8) is 0 Å². The van der Waals surface area contributed by atoms with E-state index >= 15 is 0 Å². The summed E-state index contributed by atoms with van der Waals surface area (Å²) >= 11 is 0. The van der Waals surface area contributed by atoms with E-state index in [1.807, 2.05) is 0 Å². The first-order valence-corrected chi connectivity index (χ1v) is 2.36. The largest absolute Gasteiger partial charge is 0.333 e. The highest BCUT2D eigenvalue weighted by molar-refractivity contribution is 5.33. The third-order valence-electron chi connectivity index (χ3n) is 1.34. The van der Waals surface area contributed by atoms with Gasteiger partial charge >= 0.3 is 5.92 Å². The van der Waals surface area contributed by atoms with Crippen LogP contribution in [0.4, 0.5) is 17.6 Å². The molecular weight excluding hydrogens is 136 g/mol. The third-order valence-corrected chi connectivity index (χ3v) is 1.34. The zero-order valence-electron chi connectivity index (χ0n) is 4.59. The van der Waals surface area contributed by atoms with E-state index in [2.05, 4.69) is 0 Å². The molecule has 0 aromatic carbocycles. The van der Waals surface area contributed by atoms with E-state index in [9.17, 15) is 17.6 Å². The molecule has 4 heteroatoms. The summed E-state index contributed by atoms with van der Waals surface area (Å²) in [6, 6.07) is 0. The fourth-order valence-corrected chi connectivity index (χ4v) is 0.680. The first kappa shape index (κ1) is 6.58. The molecule has 1 atom stereocenters. The van der Waals surface area contributed by atoms with Gasteiger partial charge in [-0.2, -0.15) is 8.78 Å². The third kappa shape index (κ3) is 0.587. The Kier molecular flexibility index (Phi) is 1.09. The van der Waals surface area contributed by atoms with Crippen LogP contribution in [0.5, 0.6) is 0 Å². The number of hydrogen-bond donors (Lipinski definition) is 0. The lowest BCUT2D eigenvalue weighted by atomic mass is 9.92. The molecule has 0 aliphatic heterocycles. The molecule has 0 spiro atoms. The number of allylic oxidation sites excluding steroid dienone is 2. The highest BCUT2D eigenvalue weighted by atomic mass is 19.3. The van der Waals surface area contributed by atoms with Gasteiger partial charge in [0.05, 0.1) is 0 Å². The maximum absolute atomic E-state index is 11.9. The fourth-order valence-electron chi connectivity index (χ4n) is 0.680. The van der Waals surface area contributed by atoms with Crippen LogP contribution in [-0.4, -0.2) is 12.1 Å². The topological polar surface area (TPSA) is 0 Å². The number of hydrogen-bond acceptors (Lipinski definition) is 0. The Balaban J connectivity index is 2.92. The minimum absolute atomic E-state index is 0.486. The predicted molar refractivity (Wildman–Crippen MR) is 23.7 cm³/mol. The maximum Gasteiger partial charge on any atom is 0.333 e. The molecule has 1 aliphatic carbocycles. The van der Waals surface area contributed by atoms with Gasteiger partial charge in [-0.05, 0) is 6.92 Å². The van der Waals surface area contributed by atoms with Gasteiger partial charge in [0.1, 0.15) is 0 Å². The van der Waals surface area contributed by atoms with Crippen molar-refractivity contribution in [2.24, 2.45) is 0 Å². The lowest BCUT2D eigenvalue weighted by Gasteiger charge is -2.29. The van der Waals surface area contributed by atoms with Gasteiger partial charge in [-0.1, -0.05) is 0 Å². The van der Waals surface area contributed by atoms with E-state index in [0.717, 1.165) is 6.92 Å². The molecule has 0 nitrogen and oxygen atoms in total. The number of rotatable bonds is 0. The van der Waals surface area contributed by atoms with E-state index in [0.29, 0.717) is 0 Å². The Morgan fingerprint density at radius 3 is 2.00 bits per heavy atom. The molecule has 0 aromatic heterocycles. The average Bonchev–Trinajstić information content (AvgIpc) is 1.84. The Morgan fingerprint density at radius 1 is 1.44 bits per heavy atom.